The van der Waals surface area contributed by atoms with Crippen molar-refractivity contribution in [1.29, 1.82) is 0 Å². The Bertz CT molecular complexity index is 1220. The minimum atomic E-state index is -0.442. The smallest absolute Gasteiger partial charge is 0.350 e. The van der Waals surface area contributed by atoms with Crippen molar-refractivity contribution in [3.05, 3.63) is 45.7 Å². The number of nitrogens with two attached hydrogens (primary N) is 1. The van der Waals surface area contributed by atoms with Crippen LogP contribution in [0.3, 0.4) is 0 Å². The van der Waals surface area contributed by atoms with Gasteiger partial charge in [0.2, 0.25) is 5.88 Å². The van der Waals surface area contributed by atoms with Gasteiger partial charge in [-0.3, -0.25) is 0 Å². The molecule has 0 aliphatic heterocycles. The van der Waals surface area contributed by atoms with Gasteiger partial charge in [0.15, 0.2) is 0 Å². The van der Waals surface area contributed by atoms with Gasteiger partial charge >= 0.3 is 5.97 Å². The summed E-state index contributed by atoms with van der Waals surface area (Å²) >= 11 is 9.02. The first-order chi connectivity index (χ1) is 14.5. The maximum Gasteiger partial charge on any atom is 0.350 e. The van der Waals surface area contributed by atoms with Gasteiger partial charge in [-0.1, -0.05) is 17.7 Å². The van der Waals surface area contributed by atoms with E-state index < -0.39 is 5.97 Å². The molecular weight excluding hydrogens is 442 g/mol. The second-order valence-electron chi connectivity index (χ2n) is 6.23. The number of ether oxygens (including phenoxy) is 2. The summed E-state index contributed by atoms with van der Waals surface area (Å²) in [4.78, 5) is 23.4. The minimum absolute atomic E-state index is 0.276. The first-order valence-corrected chi connectivity index (χ1v) is 11.3. The number of carbonyl (C=O) groups is 1. The standard InChI is InChI=1S/C21H18ClN3O3S2/c1-3-27-16-9-11(8-15(22)25-16)13-10-12(14-6-5-7-29-14)17-18(23)19(21(26)28-4-2)30-20(17)24-13/h5-10H,3-4,23H2,1-2H3. The fraction of sp³-hybridized carbons (Fsp3) is 0.190. The molecule has 0 saturated carbocycles. The number of anilines is 1. The van der Waals surface area contributed by atoms with Crippen LogP contribution in [0, 0.1) is 0 Å². The second kappa shape index (κ2) is 8.59. The van der Waals surface area contributed by atoms with E-state index in [-0.39, 0.29) is 6.61 Å². The lowest BCUT2D eigenvalue weighted by molar-refractivity contribution is 0.0533. The second-order valence-corrected chi connectivity index (χ2v) is 8.56. The third kappa shape index (κ3) is 3.86. The molecule has 4 aromatic rings. The van der Waals surface area contributed by atoms with Gasteiger partial charge in [0.25, 0.3) is 0 Å². The van der Waals surface area contributed by atoms with Gasteiger partial charge in [-0.25, -0.2) is 14.8 Å². The minimum Gasteiger partial charge on any atom is -0.478 e. The summed E-state index contributed by atoms with van der Waals surface area (Å²) in [6, 6.07) is 9.46. The van der Waals surface area contributed by atoms with Crippen LogP contribution in [0.2, 0.25) is 5.15 Å². The van der Waals surface area contributed by atoms with E-state index in [0.29, 0.717) is 38.7 Å². The van der Waals surface area contributed by atoms with Crippen molar-refractivity contribution >= 4 is 56.1 Å². The summed E-state index contributed by atoms with van der Waals surface area (Å²) in [6.45, 7) is 4.40. The van der Waals surface area contributed by atoms with Gasteiger partial charge in [0.1, 0.15) is 14.9 Å². The Labute approximate surface area is 186 Å². The lowest BCUT2D eigenvalue weighted by Crippen LogP contribution is -2.04. The Kier molecular flexibility index (Phi) is 5.90. The van der Waals surface area contributed by atoms with Gasteiger partial charge in [0, 0.05) is 27.5 Å². The highest BCUT2D eigenvalue weighted by Crippen LogP contribution is 2.43. The first-order valence-electron chi connectivity index (χ1n) is 9.26. The number of rotatable bonds is 6. The largest absolute Gasteiger partial charge is 0.478 e. The maximum atomic E-state index is 12.4. The number of pyridine rings is 2. The molecule has 0 amide bonds. The number of nitrogen functional groups attached to an aromatic ring is 1. The summed E-state index contributed by atoms with van der Waals surface area (Å²) in [7, 11) is 0. The molecule has 30 heavy (non-hydrogen) atoms. The third-order valence-corrected chi connectivity index (χ3v) is 6.48. The fourth-order valence-electron chi connectivity index (χ4n) is 3.09. The van der Waals surface area contributed by atoms with E-state index in [4.69, 9.17) is 31.8 Å². The first kappa shape index (κ1) is 20.6. The average Bonchev–Trinajstić information content (AvgIpc) is 3.36. The normalized spacial score (nSPS) is 11.0. The predicted molar refractivity (Wildman–Crippen MR) is 123 cm³/mol. The van der Waals surface area contributed by atoms with Crippen LogP contribution < -0.4 is 10.5 Å². The molecule has 0 bridgehead atoms. The van der Waals surface area contributed by atoms with Crippen molar-refractivity contribution in [2.24, 2.45) is 0 Å². The van der Waals surface area contributed by atoms with Crippen LogP contribution >= 0.6 is 34.3 Å². The molecule has 2 N–H and O–H groups in total. The van der Waals surface area contributed by atoms with E-state index in [0.717, 1.165) is 21.4 Å². The van der Waals surface area contributed by atoms with Crippen LogP contribution in [0.5, 0.6) is 5.88 Å². The molecule has 0 aliphatic carbocycles. The zero-order valence-electron chi connectivity index (χ0n) is 16.3. The number of thiophene rings is 2. The molecule has 0 saturated heterocycles. The van der Waals surface area contributed by atoms with Gasteiger partial charge < -0.3 is 15.2 Å². The molecule has 0 aromatic carbocycles. The maximum absolute atomic E-state index is 12.4. The van der Waals surface area contributed by atoms with Crippen molar-refractivity contribution < 1.29 is 14.3 Å². The number of hydrogen-bond donors (Lipinski definition) is 1. The molecule has 6 nitrogen and oxygen atoms in total. The third-order valence-electron chi connectivity index (χ3n) is 4.30. The summed E-state index contributed by atoms with van der Waals surface area (Å²) < 4.78 is 10.7. The number of nitrogens with zero attached hydrogens (tertiary/aromatic N) is 2. The van der Waals surface area contributed by atoms with Crippen molar-refractivity contribution in [1.82, 2.24) is 9.97 Å². The molecule has 0 fully saturated rings. The Hall–Kier alpha value is -2.68. The lowest BCUT2D eigenvalue weighted by atomic mass is 10.1. The van der Waals surface area contributed by atoms with E-state index in [9.17, 15) is 4.79 Å². The van der Waals surface area contributed by atoms with E-state index in [2.05, 4.69) is 4.98 Å². The van der Waals surface area contributed by atoms with Crippen molar-refractivity contribution in [3.63, 3.8) is 0 Å². The molecular formula is C21H18ClN3O3S2. The van der Waals surface area contributed by atoms with Crippen molar-refractivity contribution in [3.8, 4) is 27.6 Å². The SMILES string of the molecule is CCOC(=O)c1sc2nc(-c3cc(Cl)nc(OCC)c3)cc(-c3cccs3)c2c1N. The molecule has 0 spiro atoms. The number of esters is 1. The van der Waals surface area contributed by atoms with Crippen LogP contribution in [0.15, 0.2) is 35.7 Å². The highest BCUT2D eigenvalue weighted by atomic mass is 35.5. The molecule has 0 unspecified atom stereocenters. The number of carbonyl (C=O) groups excluding carboxylic acids is 1. The fourth-order valence-corrected chi connectivity index (χ4v) is 5.05. The monoisotopic (exact) mass is 459 g/mol. The van der Waals surface area contributed by atoms with Gasteiger partial charge in [0.05, 0.1) is 24.6 Å². The number of halogens is 1. The zero-order chi connectivity index (χ0) is 21.3. The molecule has 4 rings (SSSR count). The summed E-state index contributed by atoms with van der Waals surface area (Å²) in [5.74, 6) is -0.0141. The molecule has 154 valence electrons. The topological polar surface area (TPSA) is 87.3 Å². The Morgan fingerprint density at radius 3 is 2.73 bits per heavy atom. The average molecular weight is 460 g/mol. The molecule has 0 radical (unpaired) electrons. The van der Waals surface area contributed by atoms with E-state index in [1.165, 1.54) is 11.3 Å². The molecule has 4 aromatic heterocycles. The van der Waals surface area contributed by atoms with Gasteiger partial charge in [-0.2, -0.15) is 0 Å². The van der Waals surface area contributed by atoms with E-state index >= 15 is 0 Å². The Balaban J connectivity index is 1.96. The molecule has 4 heterocycles. The van der Waals surface area contributed by atoms with Crippen LogP contribution in [0.25, 0.3) is 31.9 Å². The predicted octanol–water partition coefficient (Wildman–Crippen LogP) is 5.90. The lowest BCUT2D eigenvalue weighted by Gasteiger charge is -2.09. The van der Waals surface area contributed by atoms with Crippen LogP contribution in [-0.2, 0) is 4.74 Å². The molecule has 0 atom stereocenters. The summed E-state index contributed by atoms with van der Waals surface area (Å²) in [5, 5.41) is 3.06. The number of aromatic nitrogens is 2. The van der Waals surface area contributed by atoms with Gasteiger partial charge in [-0.15, -0.1) is 22.7 Å². The summed E-state index contributed by atoms with van der Waals surface area (Å²) in [5.41, 5.74) is 9.12. The molecule has 0 aliphatic rings. The highest BCUT2D eigenvalue weighted by Gasteiger charge is 2.23. The number of fused-ring (bicyclic) bond motifs is 1. The van der Waals surface area contributed by atoms with Crippen molar-refractivity contribution in [2.45, 2.75) is 13.8 Å². The quantitative estimate of drug-likeness (QED) is 0.285. The highest BCUT2D eigenvalue weighted by molar-refractivity contribution is 7.21. The van der Waals surface area contributed by atoms with Crippen LogP contribution in [0.1, 0.15) is 23.5 Å². The zero-order valence-corrected chi connectivity index (χ0v) is 18.7. The van der Waals surface area contributed by atoms with Crippen LogP contribution in [0.4, 0.5) is 5.69 Å². The van der Waals surface area contributed by atoms with Crippen molar-refractivity contribution in [2.75, 3.05) is 18.9 Å². The van der Waals surface area contributed by atoms with E-state index in [1.807, 2.05) is 30.5 Å². The van der Waals surface area contributed by atoms with Gasteiger partial charge in [-0.05, 0) is 37.4 Å². The van der Waals surface area contributed by atoms with Crippen LogP contribution in [-0.4, -0.2) is 29.2 Å². The Morgan fingerprint density at radius 1 is 1.20 bits per heavy atom. The number of hydrogen-bond acceptors (Lipinski definition) is 8. The summed E-state index contributed by atoms with van der Waals surface area (Å²) in [6.07, 6.45) is 0. The molecule has 9 heteroatoms. The van der Waals surface area contributed by atoms with E-state index in [1.54, 1.807) is 30.4 Å². The Morgan fingerprint density at radius 2 is 2.03 bits per heavy atom.